The Morgan fingerprint density at radius 2 is 1.75 bits per heavy atom. The first-order valence-electron chi connectivity index (χ1n) is 7.40. The largest absolute Gasteiger partial charge is 0.366 e. The Labute approximate surface area is 138 Å². The Morgan fingerprint density at radius 3 is 2.42 bits per heavy atom. The first-order chi connectivity index (χ1) is 11.6. The summed E-state index contributed by atoms with van der Waals surface area (Å²) in [5.74, 6) is -0.657. The average molecular weight is 320 g/mol. The van der Waals surface area contributed by atoms with Gasteiger partial charge in [-0.2, -0.15) is 5.10 Å². The second-order valence-corrected chi connectivity index (χ2v) is 5.30. The van der Waals surface area contributed by atoms with E-state index in [9.17, 15) is 9.59 Å². The highest BCUT2D eigenvalue weighted by molar-refractivity contribution is 5.95. The predicted molar refractivity (Wildman–Crippen MR) is 90.9 cm³/mol. The van der Waals surface area contributed by atoms with E-state index in [1.165, 1.54) is 0 Å². The fourth-order valence-electron chi connectivity index (χ4n) is 2.28. The highest BCUT2D eigenvalue weighted by Gasteiger charge is 2.08. The van der Waals surface area contributed by atoms with Gasteiger partial charge in [0.25, 0.3) is 0 Å². The molecule has 3 rings (SSSR count). The fraction of sp³-hybridized carbons (Fsp3) is 0.0556. The van der Waals surface area contributed by atoms with Crippen molar-refractivity contribution in [2.45, 2.75) is 6.42 Å². The van der Waals surface area contributed by atoms with E-state index in [1.807, 2.05) is 36.5 Å². The van der Waals surface area contributed by atoms with Crippen molar-refractivity contribution in [2.24, 2.45) is 5.73 Å². The van der Waals surface area contributed by atoms with Gasteiger partial charge in [0.2, 0.25) is 11.8 Å². The third-order valence-electron chi connectivity index (χ3n) is 3.47. The Balaban J connectivity index is 1.63. The molecule has 2 amide bonds. The van der Waals surface area contributed by atoms with E-state index in [2.05, 4.69) is 10.4 Å². The third-order valence-corrected chi connectivity index (χ3v) is 3.47. The summed E-state index contributed by atoms with van der Waals surface area (Å²) in [4.78, 5) is 23.1. The number of rotatable bonds is 5. The van der Waals surface area contributed by atoms with Crippen LogP contribution >= 0.6 is 0 Å². The summed E-state index contributed by atoms with van der Waals surface area (Å²) in [7, 11) is 0. The molecule has 2 aromatic carbocycles. The molecule has 3 aromatic rings. The minimum absolute atomic E-state index is 0.158. The van der Waals surface area contributed by atoms with Gasteiger partial charge in [0.05, 0.1) is 18.3 Å². The van der Waals surface area contributed by atoms with Gasteiger partial charge in [-0.1, -0.05) is 18.2 Å². The quantitative estimate of drug-likeness (QED) is 0.755. The number of para-hydroxylation sites is 1. The van der Waals surface area contributed by atoms with Crippen LogP contribution in [0.3, 0.4) is 0 Å². The molecule has 6 nitrogen and oxygen atoms in total. The molecule has 0 fully saturated rings. The average Bonchev–Trinajstić information content (AvgIpc) is 3.04. The normalized spacial score (nSPS) is 10.3. The lowest BCUT2D eigenvalue weighted by Crippen LogP contribution is -2.15. The molecule has 1 heterocycles. The lowest BCUT2D eigenvalue weighted by Gasteiger charge is -2.04. The van der Waals surface area contributed by atoms with Crippen molar-refractivity contribution in [1.29, 1.82) is 0 Å². The summed E-state index contributed by atoms with van der Waals surface area (Å²) in [5, 5.41) is 7.04. The number of nitrogens with two attached hydrogens (primary N) is 1. The second kappa shape index (κ2) is 6.78. The molecule has 1 aromatic heterocycles. The van der Waals surface area contributed by atoms with Gasteiger partial charge in [0, 0.05) is 17.4 Å². The number of primary amides is 1. The van der Waals surface area contributed by atoms with Crippen LogP contribution in [0, 0.1) is 0 Å². The monoisotopic (exact) mass is 320 g/mol. The van der Waals surface area contributed by atoms with Crippen molar-refractivity contribution in [3.05, 3.63) is 78.1 Å². The van der Waals surface area contributed by atoms with Gasteiger partial charge in [-0.05, 0) is 42.0 Å². The maximum atomic E-state index is 12.1. The summed E-state index contributed by atoms with van der Waals surface area (Å²) in [6, 6.07) is 16.1. The molecule has 0 atom stereocenters. The molecule has 24 heavy (non-hydrogen) atoms. The second-order valence-electron chi connectivity index (χ2n) is 5.30. The van der Waals surface area contributed by atoms with Crippen LogP contribution in [-0.4, -0.2) is 21.6 Å². The van der Waals surface area contributed by atoms with E-state index in [4.69, 9.17) is 5.73 Å². The van der Waals surface area contributed by atoms with Gasteiger partial charge < -0.3 is 11.1 Å². The van der Waals surface area contributed by atoms with E-state index in [1.54, 1.807) is 35.1 Å². The smallest absolute Gasteiger partial charge is 0.248 e. The molecule has 0 saturated carbocycles. The molecule has 0 aliphatic heterocycles. The van der Waals surface area contributed by atoms with E-state index in [0.29, 0.717) is 11.3 Å². The van der Waals surface area contributed by atoms with Gasteiger partial charge in [-0.25, -0.2) is 4.68 Å². The first-order valence-corrected chi connectivity index (χ1v) is 7.40. The Hall–Kier alpha value is -3.41. The van der Waals surface area contributed by atoms with Crippen LogP contribution in [0.4, 0.5) is 5.69 Å². The van der Waals surface area contributed by atoms with Crippen LogP contribution in [0.1, 0.15) is 15.9 Å². The number of amides is 2. The molecule has 0 radical (unpaired) electrons. The predicted octanol–water partition coefficient (Wildman–Crippen LogP) is 2.15. The first kappa shape index (κ1) is 15.5. The number of nitrogens with one attached hydrogen (secondary N) is 1. The fourth-order valence-corrected chi connectivity index (χ4v) is 2.28. The van der Waals surface area contributed by atoms with Gasteiger partial charge >= 0.3 is 0 Å². The van der Waals surface area contributed by atoms with E-state index in [0.717, 1.165) is 11.3 Å². The van der Waals surface area contributed by atoms with E-state index >= 15 is 0 Å². The standard InChI is InChI=1S/C18H16N4O2/c19-18(24)14-6-8-15(9-7-14)21-17(23)10-13-11-20-22(12-13)16-4-2-1-3-5-16/h1-9,11-12H,10H2,(H2,19,24)(H,21,23). The molecule has 3 N–H and O–H groups in total. The summed E-state index contributed by atoms with van der Waals surface area (Å²) in [5.41, 5.74) is 7.94. The number of aromatic nitrogens is 2. The summed E-state index contributed by atoms with van der Waals surface area (Å²) in [6.07, 6.45) is 3.71. The zero-order chi connectivity index (χ0) is 16.9. The maximum Gasteiger partial charge on any atom is 0.248 e. The summed E-state index contributed by atoms with van der Waals surface area (Å²) < 4.78 is 1.73. The number of nitrogens with zero attached hydrogens (tertiary/aromatic N) is 2. The Bertz CT molecular complexity index is 854. The third kappa shape index (κ3) is 3.67. The van der Waals surface area contributed by atoms with Gasteiger partial charge in [0.1, 0.15) is 0 Å². The molecular weight excluding hydrogens is 304 g/mol. The summed E-state index contributed by atoms with van der Waals surface area (Å²) in [6.45, 7) is 0. The minimum Gasteiger partial charge on any atom is -0.366 e. The van der Waals surface area contributed by atoms with Gasteiger partial charge in [-0.3, -0.25) is 9.59 Å². The lowest BCUT2D eigenvalue weighted by atomic mass is 10.2. The molecule has 0 spiro atoms. The van der Waals surface area contributed by atoms with Crippen molar-refractivity contribution < 1.29 is 9.59 Å². The molecule has 0 aliphatic carbocycles. The topological polar surface area (TPSA) is 90.0 Å². The minimum atomic E-state index is -0.499. The number of benzene rings is 2. The van der Waals surface area contributed by atoms with Crippen molar-refractivity contribution in [2.75, 3.05) is 5.32 Å². The van der Waals surface area contributed by atoms with Crippen LogP contribution in [0.25, 0.3) is 5.69 Å². The SMILES string of the molecule is NC(=O)c1ccc(NC(=O)Cc2cnn(-c3ccccc3)c2)cc1. The Morgan fingerprint density at radius 1 is 1.04 bits per heavy atom. The van der Waals surface area contributed by atoms with Crippen LogP contribution in [0.2, 0.25) is 0 Å². The number of carbonyl (C=O) groups is 2. The number of anilines is 1. The highest BCUT2D eigenvalue weighted by Crippen LogP contribution is 2.11. The van der Waals surface area contributed by atoms with E-state index < -0.39 is 5.91 Å². The lowest BCUT2D eigenvalue weighted by molar-refractivity contribution is -0.115. The van der Waals surface area contributed by atoms with Crippen molar-refractivity contribution in [3.63, 3.8) is 0 Å². The molecule has 0 aliphatic rings. The van der Waals surface area contributed by atoms with Crippen molar-refractivity contribution in [1.82, 2.24) is 9.78 Å². The van der Waals surface area contributed by atoms with Gasteiger partial charge in [-0.15, -0.1) is 0 Å². The molecule has 0 unspecified atom stereocenters. The molecule has 120 valence electrons. The van der Waals surface area contributed by atoms with Crippen LogP contribution < -0.4 is 11.1 Å². The number of hydrogen-bond acceptors (Lipinski definition) is 3. The van der Waals surface area contributed by atoms with Crippen molar-refractivity contribution >= 4 is 17.5 Å². The van der Waals surface area contributed by atoms with Crippen molar-refractivity contribution in [3.8, 4) is 5.69 Å². The highest BCUT2D eigenvalue weighted by atomic mass is 16.2. The maximum absolute atomic E-state index is 12.1. The van der Waals surface area contributed by atoms with Crippen LogP contribution in [0.5, 0.6) is 0 Å². The number of carbonyl (C=O) groups excluding carboxylic acids is 2. The van der Waals surface area contributed by atoms with E-state index in [-0.39, 0.29) is 12.3 Å². The molecule has 0 saturated heterocycles. The molecule has 0 bridgehead atoms. The zero-order valence-corrected chi connectivity index (χ0v) is 12.8. The molecule has 6 heteroatoms. The zero-order valence-electron chi connectivity index (χ0n) is 12.8. The van der Waals surface area contributed by atoms with Crippen LogP contribution in [0.15, 0.2) is 67.0 Å². The van der Waals surface area contributed by atoms with Gasteiger partial charge in [0.15, 0.2) is 0 Å². The molecular formula is C18H16N4O2. The summed E-state index contributed by atoms with van der Waals surface area (Å²) >= 11 is 0. The number of hydrogen-bond donors (Lipinski definition) is 2. The van der Waals surface area contributed by atoms with Crippen LogP contribution in [-0.2, 0) is 11.2 Å². The Kier molecular flexibility index (Phi) is 4.38.